The summed E-state index contributed by atoms with van der Waals surface area (Å²) in [6, 6.07) is 0. The van der Waals surface area contributed by atoms with E-state index in [2.05, 4.69) is 47.6 Å². The Kier molecular flexibility index (Phi) is 8.27. The zero-order chi connectivity index (χ0) is 34.0. The topological polar surface area (TPSA) is 180 Å². The number of fused-ring (bicyclic) bond motifs is 7. The number of rotatable bonds is 4. The molecule has 262 valence electrons. The van der Waals surface area contributed by atoms with Crippen molar-refractivity contribution in [1.82, 2.24) is 0 Å². The maximum atomic E-state index is 11.6. The standard InChI is InChI=1S/C36H58O10/c1-31(2)16-19-18-8-9-21-33(4)12-11-22(45-30-25(40)23(38)24(39)26(46-30)29(43)44)34(5,17-37)20(33)10-13-36(21,7)35(18,6)15-14-32(19,3)28(42)27(31)41/h8,19-28,30,37-42H,9-17H2,1-7H3,(H,43,44)/p-1/t19-,20+,21+,22-,23-,24-,25+,26-,27-,28+,30+,32+,33-,34+,35+,36+/m0/s1. The molecule has 5 aliphatic carbocycles. The van der Waals surface area contributed by atoms with Gasteiger partial charge < -0.3 is 50.0 Å². The SMILES string of the molecule is CC1(C)C[C@H]2C3=CC[C@@H]4[C@@]5(C)CC[C@H](O[C@@H]6O[C@H](C(=O)[O-])[C@@H](O)[C@H](O)[C@H]6O)[C@](C)(CO)[C@@H]5CC[C@@]4(C)[C@]3(C)CC[C@@]2(C)[C@H](O)[C@@H]1O. The normalized spacial score (nSPS) is 56.5. The fourth-order valence-corrected chi connectivity index (χ4v) is 12.2. The van der Waals surface area contributed by atoms with Crippen LogP contribution in [-0.2, 0) is 14.3 Å². The lowest BCUT2D eigenvalue weighted by Gasteiger charge is -2.72. The highest BCUT2D eigenvalue weighted by molar-refractivity contribution is 5.71. The van der Waals surface area contributed by atoms with Crippen LogP contribution in [0.2, 0.25) is 0 Å². The minimum atomic E-state index is -1.86. The molecule has 1 aliphatic heterocycles. The number of aliphatic carboxylic acids is 1. The molecule has 0 amide bonds. The number of ether oxygens (including phenoxy) is 2. The molecule has 10 nitrogen and oxygen atoms in total. The molecule has 46 heavy (non-hydrogen) atoms. The molecule has 4 saturated carbocycles. The first-order chi connectivity index (χ1) is 21.2. The average molecular weight is 650 g/mol. The van der Waals surface area contributed by atoms with Gasteiger partial charge in [0, 0.05) is 10.8 Å². The molecule has 0 aromatic rings. The smallest absolute Gasteiger partial charge is 0.187 e. The Bertz CT molecular complexity index is 1250. The molecule has 0 aromatic heterocycles. The van der Waals surface area contributed by atoms with Crippen LogP contribution in [0.3, 0.4) is 0 Å². The van der Waals surface area contributed by atoms with Crippen molar-refractivity contribution in [3.63, 3.8) is 0 Å². The summed E-state index contributed by atoms with van der Waals surface area (Å²) in [4.78, 5) is 11.6. The lowest BCUT2D eigenvalue weighted by atomic mass is 9.33. The van der Waals surface area contributed by atoms with E-state index in [0.29, 0.717) is 12.3 Å². The fourth-order valence-electron chi connectivity index (χ4n) is 12.2. The second-order valence-corrected chi connectivity index (χ2v) is 18.0. The van der Waals surface area contributed by atoms with Crippen LogP contribution in [-0.4, -0.2) is 92.2 Å². The van der Waals surface area contributed by atoms with E-state index in [1.54, 1.807) is 0 Å². The molecular weight excluding hydrogens is 592 g/mol. The molecule has 5 fully saturated rings. The number of hydrogen-bond acceptors (Lipinski definition) is 10. The summed E-state index contributed by atoms with van der Waals surface area (Å²) >= 11 is 0. The molecular formula is C36H57O10-. The predicted molar refractivity (Wildman–Crippen MR) is 165 cm³/mol. The van der Waals surface area contributed by atoms with Crippen molar-refractivity contribution in [2.45, 2.75) is 149 Å². The van der Waals surface area contributed by atoms with Gasteiger partial charge in [-0.15, -0.1) is 0 Å². The van der Waals surface area contributed by atoms with E-state index in [1.165, 1.54) is 5.57 Å². The summed E-state index contributed by atoms with van der Waals surface area (Å²) in [5, 5.41) is 76.3. The molecule has 0 bridgehead atoms. The summed E-state index contributed by atoms with van der Waals surface area (Å²) in [5.41, 5.74) is -0.298. The van der Waals surface area contributed by atoms with Crippen LogP contribution >= 0.6 is 0 Å². The van der Waals surface area contributed by atoms with Gasteiger partial charge in [0.1, 0.15) is 24.4 Å². The van der Waals surface area contributed by atoms with Crippen molar-refractivity contribution in [3.05, 3.63) is 11.6 Å². The van der Waals surface area contributed by atoms with E-state index in [-0.39, 0.29) is 40.1 Å². The third kappa shape index (κ3) is 4.46. The summed E-state index contributed by atoms with van der Waals surface area (Å²) in [6.45, 7) is 15.4. The Hall–Kier alpha value is -1.11. The maximum Gasteiger partial charge on any atom is 0.187 e. The highest BCUT2D eigenvalue weighted by Gasteiger charge is 2.70. The van der Waals surface area contributed by atoms with Gasteiger partial charge in [0.2, 0.25) is 0 Å². The Morgan fingerprint density at radius 3 is 2.17 bits per heavy atom. The van der Waals surface area contributed by atoms with E-state index >= 15 is 0 Å². The largest absolute Gasteiger partial charge is 0.547 e. The van der Waals surface area contributed by atoms with Crippen LogP contribution in [0.4, 0.5) is 0 Å². The summed E-state index contributed by atoms with van der Waals surface area (Å²) in [7, 11) is 0. The van der Waals surface area contributed by atoms with Gasteiger partial charge >= 0.3 is 0 Å². The van der Waals surface area contributed by atoms with E-state index in [4.69, 9.17) is 9.47 Å². The highest BCUT2D eigenvalue weighted by Crippen LogP contribution is 2.75. The third-order valence-electron chi connectivity index (χ3n) is 15.5. The zero-order valence-corrected chi connectivity index (χ0v) is 28.6. The first-order valence-corrected chi connectivity index (χ1v) is 17.5. The highest BCUT2D eigenvalue weighted by atomic mass is 16.7. The number of aliphatic hydroxyl groups excluding tert-OH is 6. The molecule has 0 aromatic carbocycles. The first kappa shape index (κ1) is 34.7. The quantitative estimate of drug-likeness (QED) is 0.194. The Balaban J connectivity index is 1.30. The summed E-state index contributed by atoms with van der Waals surface area (Å²) < 4.78 is 11.7. The molecule has 6 rings (SSSR count). The number of carbonyl (C=O) groups excluding carboxylic acids is 1. The molecule has 0 radical (unpaired) electrons. The Morgan fingerprint density at radius 1 is 0.870 bits per heavy atom. The van der Waals surface area contributed by atoms with Gasteiger partial charge in [-0.05, 0) is 90.8 Å². The Morgan fingerprint density at radius 2 is 1.54 bits per heavy atom. The molecule has 0 unspecified atom stereocenters. The van der Waals surface area contributed by atoms with Crippen molar-refractivity contribution in [2.24, 2.45) is 50.2 Å². The second-order valence-electron chi connectivity index (χ2n) is 18.0. The van der Waals surface area contributed by atoms with Crippen LogP contribution in [0.1, 0.15) is 99.8 Å². The third-order valence-corrected chi connectivity index (χ3v) is 15.5. The first-order valence-electron chi connectivity index (χ1n) is 17.5. The van der Waals surface area contributed by atoms with Crippen LogP contribution in [0.5, 0.6) is 0 Å². The van der Waals surface area contributed by atoms with Gasteiger partial charge in [-0.2, -0.15) is 0 Å². The minimum Gasteiger partial charge on any atom is -0.547 e. The molecule has 16 atom stereocenters. The maximum absolute atomic E-state index is 11.6. The van der Waals surface area contributed by atoms with Crippen molar-refractivity contribution in [3.8, 4) is 0 Å². The number of carboxylic acid groups (broad SMARTS) is 1. The van der Waals surface area contributed by atoms with Gasteiger partial charge in [-0.25, -0.2) is 0 Å². The summed E-state index contributed by atoms with van der Waals surface area (Å²) in [6.07, 6.45) is -1.62. The molecule has 10 heteroatoms. The predicted octanol–water partition coefficient (Wildman–Crippen LogP) is 1.66. The number of carboxylic acids is 1. The average Bonchev–Trinajstić information content (AvgIpc) is 2.99. The van der Waals surface area contributed by atoms with Gasteiger partial charge in [-0.3, -0.25) is 0 Å². The summed E-state index contributed by atoms with van der Waals surface area (Å²) in [5.74, 6) is -1.13. The molecule has 6 aliphatic rings. The van der Waals surface area contributed by atoms with Gasteiger partial charge in [0.15, 0.2) is 6.29 Å². The lowest BCUT2D eigenvalue weighted by Crippen LogP contribution is -2.68. The zero-order valence-electron chi connectivity index (χ0n) is 28.6. The fraction of sp³-hybridized carbons (Fsp3) is 0.917. The van der Waals surface area contributed by atoms with Crippen LogP contribution in [0.15, 0.2) is 11.6 Å². The van der Waals surface area contributed by atoms with Crippen molar-refractivity contribution in [2.75, 3.05) is 6.61 Å². The second kappa shape index (κ2) is 10.9. The van der Waals surface area contributed by atoms with E-state index < -0.39 is 65.8 Å². The Labute approximate surface area is 273 Å². The lowest BCUT2D eigenvalue weighted by molar-refractivity contribution is -0.360. The van der Waals surface area contributed by atoms with Gasteiger partial charge in [0.25, 0.3) is 0 Å². The van der Waals surface area contributed by atoms with Crippen LogP contribution in [0.25, 0.3) is 0 Å². The molecule has 6 N–H and O–H groups in total. The van der Waals surface area contributed by atoms with Crippen molar-refractivity contribution in [1.29, 1.82) is 0 Å². The van der Waals surface area contributed by atoms with Crippen molar-refractivity contribution < 1.29 is 50.0 Å². The number of allylic oxidation sites excluding steroid dienone is 2. The number of carbonyl (C=O) groups is 1. The molecule has 1 heterocycles. The molecule has 1 saturated heterocycles. The minimum absolute atomic E-state index is 0.0243. The molecule has 0 spiro atoms. The van der Waals surface area contributed by atoms with Crippen LogP contribution in [0, 0.1) is 50.2 Å². The van der Waals surface area contributed by atoms with Crippen LogP contribution < -0.4 is 5.11 Å². The van der Waals surface area contributed by atoms with Gasteiger partial charge in [-0.1, -0.05) is 60.1 Å². The monoisotopic (exact) mass is 649 g/mol. The van der Waals surface area contributed by atoms with Crippen molar-refractivity contribution >= 4 is 5.97 Å². The van der Waals surface area contributed by atoms with E-state index in [0.717, 1.165) is 44.9 Å². The number of hydrogen-bond donors (Lipinski definition) is 6. The van der Waals surface area contributed by atoms with E-state index in [9.17, 15) is 40.5 Å². The van der Waals surface area contributed by atoms with Gasteiger partial charge in [0.05, 0.1) is 30.9 Å². The van der Waals surface area contributed by atoms with E-state index in [1.807, 2.05) is 6.92 Å². The number of aliphatic hydroxyl groups is 6.